The van der Waals surface area contributed by atoms with Crippen molar-refractivity contribution in [3.8, 4) is 0 Å². The molecule has 1 heterocycles. The predicted molar refractivity (Wildman–Crippen MR) is 128 cm³/mol. The average molecular weight is 600 g/mol. The molecule has 0 spiro atoms. The number of hydrogen-bond donors (Lipinski definition) is 0. The second-order valence-electron chi connectivity index (χ2n) is 8.00. The van der Waals surface area contributed by atoms with Gasteiger partial charge < -0.3 is 0 Å². The van der Waals surface area contributed by atoms with E-state index < -0.39 is 34.5 Å². The highest BCUT2D eigenvalue weighted by Gasteiger charge is 2.54. The summed E-state index contributed by atoms with van der Waals surface area (Å²) in [5, 5.41) is 13.5. The van der Waals surface area contributed by atoms with E-state index in [1.54, 1.807) is 12.1 Å². The molecule has 2 aliphatic rings. The van der Waals surface area contributed by atoms with Gasteiger partial charge in [0.05, 0.1) is 23.3 Å². The molecule has 0 bridgehead atoms. The lowest BCUT2D eigenvalue weighted by Crippen LogP contribution is -2.49. The third kappa shape index (κ3) is 4.69. The van der Waals surface area contributed by atoms with Gasteiger partial charge in [-0.1, -0.05) is 55.6 Å². The van der Waals surface area contributed by atoms with Gasteiger partial charge in [0.25, 0.3) is 23.4 Å². The van der Waals surface area contributed by atoms with Gasteiger partial charge in [0, 0.05) is 32.4 Å². The Labute approximate surface area is 211 Å². The third-order valence-corrected chi connectivity index (χ3v) is 8.92. The lowest BCUT2D eigenvalue weighted by Gasteiger charge is -2.30. The van der Waals surface area contributed by atoms with E-state index >= 15 is 0 Å². The third-order valence-electron chi connectivity index (χ3n) is 5.93. The highest BCUT2D eigenvalue weighted by atomic mass is 79.9. The molecular formula is C22H18Br2ClN3O5. The molecule has 4 rings (SSSR count). The fourth-order valence-corrected chi connectivity index (χ4v) is 5.55. The normalized spacial score (nSPS) is 24.5. The minimum atomic E-state index is -0.545. The number of nitro benzene ring substituents is 1. The number of carbonyl (C=O) groups is 3. The molecule has 1 saturated heterocycles. The van der Waals surface area contributed by atoms with Gasteiger partial charge in [0.15, 0.2) is 0 Å². The number of fused-ring (bicyclic) bond motifs is 1. The zero-order chi connectivity index (χ0) is 23.9. The summed E-state index contributed by atoms with van der Waals surface area (Å²) in [7, 11) is 0. The molecule has 8 nitrogen and oxygen atoms in total. The number of imide groups is 1. The Bertz CT molecular complexity index is 1080. The van der Waals surface area contributed by atoms with E-state index in [1.807, 2.05) is 0 Å². The van der Waals surface area contributed by atoms with Crippen molar-refractivity contribution in [3.05, 3.63) is 74.8 Å². The van der Waals surface area contributed by atoms with Crippen molar-refractivity contribution < 1.29 is 19.3 Å². The Morgan fingerprint density at radius 2 is 1.52 bits per heavy atom. The zero-order valence-electron chi connectivity index (χ0n) is 17.1. The maximum absolute atomic E-state index is 13.5. The second-order valence-corrected chi connectivity index (χ2v) is 10.8. The highest BCUT2D eigenvalue weighted by molar-refractivity contribution is 9.12. The first kappa shape index (κ1) is 23.8. The van der Waals surface area contributed by atoms with Crippen molar-refractivity contribution >= 4 is 66.9 Å². The smallest absolute Gasteiger partial charge is 0.272 e. The number of benzene rings is 2. The maximum atomic E-state index is 13.5. The first-order valence-electron chi connectivity index (χ1n) is 10.1. The summed E-state index contributed by atoms with van der Waals surface area (Å²) < 4.78 is 0. The first-order valence-corrected chi connectivity index (χ1v) is 12.3. The summed E-state index contributed by atoms with van der Waals surface area (Å²) in [5.74, 6) is -2.42. The zero-order valence-corrected chi connectivity index (χ0v) is 21.0. The van der Waals surface area contributed by atoms with E-state index in [2.05, 4.69) is 31.9 Å². The molecule has 0 radical (unpaired) electrons. The minimum Gasteiger partial charge on any atom is -0.272 e. The quantitative estimate of drug-likeness (QED) is 0.214. The van der Waals surface area contributed by atoms with Gasteiger partial charge in [-0.15, -0.1) is 0 Å². The van der Waals surface area contributed by atoms with Crippen LogP contribution in [-0.2, 0) is 16.1 Å². The molecule has 1 aliphatic heterocycles. The molecule has 2 aromatic rings. The van der Waals surface area contributed by atoms with Crippen LogP contribution in [-0.4, -0.2) is 42.3 Å². The van der Waals surface area contributed by atoms with Gasteiger partial charge in [0.1, 0.15) is 0 Å². The Morgan fingerprint density at radius 1 is 1.00 bits per heavy atom. The molecule has 2 aromatic carbocycles. The van der Waals surface area contributed by atoms with Crippen LogP contribution in [0.5, 0.6) is 0 Å². The van der Waals surface area contributed by atoms with Crippen molar-refractivity contribution in [2.24, 2.45) is 11.8 Å². The van der Waals surface area contributed by atoms with E-state index in [0.29, 0.717) is 23.4 Å². The van der Waals surface area contributed by atoms with Crippen LogP contribution in [0.4, 0.5) is 5.69 Å². The minimum absolute atomic E-state index is 0.0329. The van der Waals surface area contributed by atoms with E-state index in [-0.39, 0.29) is 27.4 Å². The molecule has 0 N–H and O–H groups in total. The first-order chi connectivity index (χ1) is 15.7. The van der Waals surface area contributed by atoms with Crippen LogP contribution in [0.3, 0.4) is 0 Å². The maximum Gasteiger partial charge on any atom is 0.273 e. The number of alkyl halides is 2. The van der Waals surface area contributed by atoms with Crippen molar-refractivity contribution in [1.82, 2.24) is 10.0 Å². The number of hydrazine groups is 1. The molecule has 3 amide bonds. The number of carbonyl (C=O) groups excluding carboxylic acids is 3. The number of amides is 3. The lowest BCUT2D eigenvalue weighted by molar-refractivity contribution is -0.384. The average Bonchev–Trinajstić information content (AvgIpc) is 3.02. The number of nitrogens with zero attached hydrogens (tertiary/aromatic N) is 3. The van der Waals surface area contributed by atoms with E-state index in [4.69, 9.17) is 11.6 Å². The summed E-state index contributed by atoms with van der Waals surface area (Å²) in [6.45, 7) is -0.105. The van der Waals surface area contributed by atoms with Crippen LogP contribution in [0, 0.1) is 22.0 Å². The molecule has 172 valence electrons. The Kier molecular flexibility index (Phi) is 6.88. The molecule has 1 aliphatic carbocycles. The molecular weight excluding hydrogens is 582 g/mol. The molecule has 2 fully saturated rings. The van der Waals surface area contributed by atoms with Crippen LogP contribution in [0.2, 0.25) is 5.02 Å². The summed E-state index contributed by atoms with van der Waals surface area (Å²) >= 11 is 13.1. The fraction of sp³-hybridized carbons (Fsp3) is 0.318. The SMILES string of the molecule is O=C(c1ccc(Cl)cc1)N(Cc1ccc([N+](=O)[O-])cc1)N1C(=O)[C@@H]2C[C@@H](Br)[C@@H](Br)C[C@H]2C1=O. The number of halogens is 3. The van der Waals surface area contributed by atoms with Crippen molar-refractivity contribution in [1.29, 1.82) is 0 Å². The molecule has 0 unspecified atom stereocenters. The summed E-state index contributed by atoms with van der Waals surface area (Å²) in [6.07, 6.45) is 0.949. The summed E-state index contributed by atoms with van der Waals surface area (Å²) in [5.41, 5.74) is 0.698. The largest absolute Gasteiger partial charge is 0.273 e. The standard InChI is InChI=1S/C22H18Br2ClN3O5/c23-18-9-16-17(10-19(18)24)22(31)27(21(16)30)26(20(29)13-3-5-14(25)6-4-13)11-12-1-7-15(8-2-12)28(32)33/h1-8,16-19H,9-11H2/t16-,17-,18-,19+/m1/s1. The Hall–Kier alpha value is -2.30. The van der Waals surface area contributed by atoms with Gasteiger partial charge in [-0.3, -0.25) is 24.5 Å². The number of hydrogen-bond acceptors (Lipinski definition) is 5. The molecule has 0 aromatic heterocycles. The van der Waals surface area contributed by atoms with E-state index in [9.17, 15) is 24.5 Å². The molecule has 33 heavy (non-hydrogen) atoms. The van der Waals surface area contributed by atoms with Crippen molar-refractivity contribution in [3.63, 3.8) is 0 Å². The summed E-state index contributed by atoms with van der Waals surface area (Å²) in [4.78, 5) is 50.6. The number of non-ortho nitro benzene ring substituents is 1. The predicted octanol–water partition coefficient (Wildman–Crippen LogP) is 4.73. The van der Waals surface area contributed by atoms with Crippen LogP contribution < -0.4 is 0 Å². The highest BCUT2D eigenvalue weighted by Crippen LogP contribution is 2.44. The topological polar surface area (TPSA) is 101 Å². The van der Waals surface area contributed by atoms with Gasteiger partial charge in [0.2, 0.25) is 0 Å². The molecule has 4 atom stereocenters. The van der Waals surface area contributed by atoms with Crippen LogP contribution in [0.25, 0.3) is 0 Å². The van der Waals surface area contributed by atoms with E-state index in [1.165, 1.54) is 36.4 Å². The van der Waals surface area contributed by atoms with Crippen molar-refractivity contribution in [2.45, 2.75) is 29.0 Å². The fourth-order valence-electron chi connectivity index (χ4n) is 4.19. The number of nitro groups is 1. The Morgan fingerprint density at radius 3 is 2.00 bits per heavy atom. The molecule has 1 saturated carbocycles. The molecule has 11 heteroatoms. The second kappa shape index (κ2) is 9.52. The monoisotopic (exact) mass is 597 g/mol. The van der Waals surface area contributed by atoms with Gasteiger partial charge in [-0.25, -0.2) is 5.01 Å². The van der Waals surface area contributed by atoms with E-state index in [0.717, 1.165) is 10.0 Å². The van der Waals surface area contributed by atoms with Gasteiger partial charge in [-0.2, -0.15) is 5.01 Å². The lowest BCUT2D eigenvalue weighted by atomic mass is 9.81. The van der Waals surface area contributed by atoms with Gasteiger partial charge in [-0.05, 0) is 42.7 Å². The van der Waals surface area contributed by atoms with Crippen LogP contribution in [0.1, 0.15) is 28.8 Å². The van der Waals surface area contributed by atoms with Crippen LogP contribution in [0.15, 0.2) is 48.5 Å². The summed E-state index contributed by atoms with van der Waals surface area (Å²) in [6, 6.07) is 11.8. The van der Waals surface area contributed by atoms with Crippen molar-refractivity contribution in [2.75, 3.05) is 0 Å². The van der Waals surface area contributed by atoms with Gasteiger partial charge >= 0.3 is 0 Å². The van der Waals surface area contributed by atoms with Crippen LogP contribution >= 0.6 is 43.5 Å². The number of rotatable bonds is 5. The Balaban J connectivity index is 1.69.